The van der Waals surface area contributed by atoms with Crippen molar-refractivity contribution in [3.63, 3.8) is 0 Å². The molecule has 1 N–H and O–H groups in total. The SMILES string of the molecule is CNC(Cc1ccc(F)cc1)C1(OC)CCC(C)(C)CC1. The van der Waals surface area contributed by atoms with Crippen molar-refractivity contribution in [1.29, 1.82) is 0 Å². The molecule has 0 radical (unpaired) electrons. The van der Waals surface area contributed by atoms with Crippen LogP contribution in [0.4, 0.5) is 4.39 Å². The Morgan fingerprint density at radius 1 is 1.14 bits per heavy atom. The zero-order valence-corrected chi connectivity index (χ0v) is 13.7. The molecule has 1 atom stereocenters. The molecule has 118 valence electrons. The lowest BCUT2D eigenvalue weighted by atomic mass is 9.67. The summed E-state index contributed by atoms with van der Waals surface area (Å²) < 4.78 is 19.0. The van der Waals surface area contributed by atoms with Gasteiger partial charge < -0.3 is 10.1 Å². The molecular formula is C18H28FNO. The van der Waals surface area contributed by atoms with Crippen LogP contribution in [0.5, 0.6) is 0 Å². The van der Waals surface area contributed by atoms with E-state index in [1.165, 1.54) is 25.0 Å². The van der Waals surface area contributed by atoms with Gasteiger partial charge >= 0.3 is 0 Å². The molecule has 0 bridgehead atoms. The first kappa shape index (κ1) is 16.4. The highest BCUT2D eigenvalue weighted by molar-refractivity contribution is 5.18. The fraction of sp³-hybridized carbons (Fsp3) is 0.667. The highest BCUT2D eigenvalue weighted by Crippen LogP contribution is 2.43. The van der Waals surface area contributed by atoms with E-state index >= 15 is 0 Å². The van der Waals surface area contributed by atoms with Gasteiger partial charge in [-0.05, 0) is 62.3 Å². The van der Waals surface area contributed by atoms with Crippen molar-refractivity contribution in [2.24, 2.45) is 5.41 Å². The zero-order chi connectivity index (χ0) is 15.5. The van der Waals surface area contributed by atoms with E-state index in [9.17, 15) is 4.39 Å². The van der Waals surface area contributed by atoms with Crippen LogP contribution in [-0.2, 0) is 11.2 Å². The third kappa shape index (κ3) is 3.83. The second kappa shape index (κ2) is 6.45. The van der Waals surface area contributed by atoms with Gasteiger partial charge in [-0.2, -0.15) is 0 Å². The van der Waals surface area contributed by atoms with E-state index in [0.29, 0.717) is 5.41 Å². The van der Waals surface area contributed by atoms with Gasteiger partial charge in [0.05, 0.1) is 5.60 Å². The van der Waals surface area contributed by atoms with Crippen LogP contribution in [0.3, 0.4) is 0 Å². The quantitative estimate of drug-likeness (QED) is 0.888. The Morgan fingerprint density at radius 2 is 1.71 bits per heavy atom. The second-order valence-corrected chi connectivity index (χ2v) is 7.10. The molecule has 3 heteroatoms. The van der Waals surface area contributed by atoms with Gasteiger partial charge in [0.15, 0.2) is 0 Å². The van der Waals surface area contributed by atoms with Gasteiger partial charge in [-0.25, -0.2) is 4.39 Å². The summed E-state index contributed by atoms with van der Waals surface area (Å²) in [4.78, 5) is 0. The van der Waals surface area contributed by atoms with Crippen molar-refractivity contribution in [1.82, 2.24) is 5.32 Å². The summed E-state index contributed by atoms with van der Waals surface area (Å²) in [7, 11) is 3.82. The fourth-order valence-electron chi connectivity index (χ4n) is 3.45. The first-order valence-corrected chi connectivity index (χ1v) is 7.88. The molecule has 2 rings (SSSR count). The smallest absolute Gasteiger partial charge is 0.123 e. The Labute approximate surface area is 128 Å². The monoisotopic (exact) mass is 293 g/mol. The average molecular weight is 293 g/mol. The molecule has 0 saturated heterocycles. The number of ether oxygens (including phenoxy) is 1. The summed E-state index contributed by atoms with van der Waals surface area (Å²) in [5.74, 6) is -0.180. The maximum absolute atomic E-state index is 13.0. The molecule has 1 aliphatic rings. The van der Waals surface area contributed by atoms with Crippen LogP contribution in [-0.4, -0.2) is 25.8 Å². The number of hydrogen-bond acceptors (Lipinski definition) is 2. The van der Waals surface area contributed by atoms with Gasteiger partial charge in [0.2, 0.25) is 0 Å². The minimum atomic E-state index is -0.180. The molecule has 1 saturated carbocycles. The Hall–Kier alpha value is -0.930. The standard InChI is InChI=1S/C18H28FNO/c1-17(2)9-11-18(21-4,12-10-17)16(20-3)13-14-5-7-15(19)8-6-14/h5-8,16,20H,9-13H2,1-4H3. The van der Waals surface area contributed by atoms with Gasteiger partial charge in [-0.3, -0.25) is 0 Å². The van der Waals surface area contributed by atoms with Crippen molar-refractivity contribution in [3.05, 3.63) is 35.6 Å². The van der Waals surface area contributed by atoms with E-state index in [1.807, 2.05) is 26.3 Å². The van der Waals surface area contributed by atoms with E-state index < -0.39 is 0 Å². The molecule has 0 heterocycles. The maximum atomic E-state index is 13.0. The third-order valence-corrected chi connectivity index (χ3v) is 5.19. The number of hydrogen-bond donors (Lipinski definition) is 1. The number of benzene rings is 1. The molecule has 0 aliphatic heterocycles. The van der Waals surface area contributed by atoms with Crippen LogP contribution in [0, 0.1) is 11.2 Å². The summed E-state index contributed by atoms with van der Waals surface area (Å²) >= 11 is 0. The van der Waals surface area contributed by atoms with E-state index in [0.717, 1.165) is 24.8 Å². The Kier molecular flexibility index (Phi) is 5.05. The number of halogens is 1. The van der Waals surface area contributed by atoms with Gasteiger partial charge in [0, 0.05) is 13.2 Å². The topological polar surface area (TPSA) is 21.3 Å². The van der Waals surface area contributed by atoms with Crippen molar-refractivity contribution in [2.75, 3.05) is 14.2 Å². The number of rotatable bonds is 5. The van der Waals surface area contributed by atoms with Crippen LogP contribution in [0.15, 0.2) is 24.3 Å². The van der Waals surface area contributed by atoms with E-state index in [4.69, 9.17) is 4.74 Å². The highest BCUT2D eigenvalue weighted by atomic mass is 19.1. The predicted molar refractivity (Wildman–Crippen MR) is 84.9 cm³/mol. The Bertz CT molecular complexity index is 445. The van der Waals surface area contributed by atoms with Crippen LogP contribution >= 0.6 is 0 Å². The van der Waals surface area contributed by atoms with Gasteiger partial charge in [0.25, 0.3) is 0 Å². The van der Waals surface area contributed by atoms with Crippen LogP contribution < -0.4 is 5.32 Å². The zero-order valence-electron chi connectivity index (χ0n) is 13.7. The summed E-state index contributed by atoms with van der Waals surface area (Å²) in [6, 6.07) is 7.06. The molecule has 0 aromatic heterocycles. The fourth-order valence-corrected chi connectivity index (χ4v) is 3.45. The normalized spacial score (nSPS) is 22.0. The lowest BCUT2D eigenvalue weighted by Crippen LogP contribution is -2.54. The molecular weight excluding hydrogens is 265 g/mol. The summed E-state index contributed by atoms with van der Waals surface area (Å²) in [6.45, 7) is 4.67. The number of likely N-dealkylation sites (N-methyl/N-ethyl adjacent to an activating group) is 1. The molecule has 1 unspecified atom stereocenters. The minimum Gasteiger partial charge on any atom is -0.377 e. The number of methoxy groups -OCH3 is 1. The van der Waals surface area contributed by atoms with Gasteiger partial charge in [-0.1, -0.05) is 26.0 Å². The Morgan fingerprint density at radius 3 is 2.19 bits per heavy atom. The predicted octanol–water partition coefficient (Wildman–Crippen LogP) is 3.94. The average Bonchev–Trinajstić information content (AvgIpc) is 2.48. The van der Waals surface area contributed by atoms with E-state index in [2.05, 4.69) is 19.2 Å². The highest BCUT2D eigenvalue weighted by Gasteiger charge is 2.43. The van der Waals surface area contributed by atoms with Crippen molar-refractivity contribution in [2.45, 2.75) is 57.6 Å². The summed E-state index contributed by atoms with van der Waals surface area (Å²) in [5, 5.41) is 3.44. The molecule has 2 nitrogen and oxygen atoms in total. The van der Waals surface area contributed by atoms with Crippen molar-refractivity contribution < 1.29 is 9.13 Å². The summed E-state index contributed by atoms with van der Waals surface area (Å²) in [5.41, 5.74) is 1.45. The van der Waals surface area contributed by atoms with Gasteiger partial charge in [0.1, 0.15) is 5.82 Å². The first-order valence-electron chi connectivity index (χ1n) is 7.88. The molecule has 0 spiro atoms. The molecule has 0 amide bonds. The first-order chi connectivity index (χ1) is 9.91. The second-order valence-electron chi connectivity index (χ2n) is 7.10. The van der Waals surface area contributed by atoms with Crippen LogP contribution in [0.25, 0.3) is 0 Å². The van der Waals surface area contributed by atoms with Crippen molar-refractivity contribution >= 4 is 0 Å². The molecule has 1 aliphatic carbocycles. The number of nitrogens with one attached hydrogen (secondary N) is 1. The minimum absolute atomic E-state index is 0.112. The van der Waals surface area contributed by atoms with Gasteiger partial charge in [-0.15, -0.1) is 0 Å². The molecule has 1 aromatic rings. The molecule has 1 aromatic carbocycles. The van der Waals surface area contributed by atoms with E-state index in [-0.39, 0.29) is 17.5 Å². The Balaban J connectivity index is 2.12. The lowest BCUT2D eigenvalue weighted by molar-refractivity contribution is -0.0847. The lowest BCUT2D eigenvalue weighted by Gasteiger charge is -2.47. The third-order valence-electron chi connectivity index (χ3n) is 5.19. The largest absolute Gasteiger partial charge is 0.377 e. The molecule has 1 fully saturated rings. The van der Waals surface area contributed by atoms with Crippen molar-refractivity contribution in [3.8, 4) is 0 Å². The van der Waals surface area contributed by atoms with Crippen LogP contribution in [0.1, 0.15) is 45.1 Å². The van der Waals surface area contributed by atoms with Crippen LogP contribution in [0.2, 0.25) is 0 Å². The van der Waals surface area contributed by atoms with E-state index in [1.54, 1.807) is 0 Å². The summed E-state index contributed by atoms with van der Waals surface area (Å²) in [6.07, 6.45) is 5.38. The molecule has 21 heavy (non-hydrogen) atoms. The maximum Gasteiger partial charge on any atom is 0.123 e.